The maximum Gasteiger partial charge on any atom is 0.473 e. The van der Waals surface area contributed by atoms with Gasteiger partial charge in [0.2, 0.25) is 0 Å². The summed E-state index contributed by atoms with van der Waals surface area (Å²) >= 11 is 0. The monoisotopic (exact) mass is 423 g/mol. The Labute approximate surface area is 155 Å². The van der Waals surface area contributed by atoms with E-state index in [4.69, 9.17) is 4.74 Å². The molecule has 9 nitrogen and oxygen atoms in total. The van der Waals surface area contributed by atoms with Gasteiger partial charge in [0.25, 0.3) is 0 Å². The van der Waals surface area contributed by atoms with Crippen molar-refractivity contribution in [2.24, 2.45) is 0 Å². The SMILES string of the molecule is CCCC(=O)OC(COC(=O)CCC(F)(F)F)COP(=O)(O)OCN(C)C. The molecule has 2 unspecified atom stereocenters. The van der Waals surface area contributed by atoms with Crippen LogP contribution in [0.3, 0.4) is 0 Å². The zero-order valence-corrected chi connectivity index (χ0v) is 16.3. The van der Waals surface area contributed by atoms with Gasteiger partial charge in [-0.1, -0.05) is 6.92 Å². The van der Waals surface area contributed by atoms with E-state index in [-0.39, 0.29) is 13.2 Å². The standard InChI is InChI=1S/C14H25F3NO8P/c1-4-5-13(20)26-11(8-23-12(19)6-7-14(15,16)17)9-24-27(21,22)25-10-18(2)3/h11H,4-10H2,1-3H3,(H,21,22). The van der Waals surface area contributed by atoms with E-state index in [1.165, 1.54) is 4.90 Å². The molecule has 0 heterocycles. The third-order valence-electron chi connectivity index (χ3n) is 2.70. The number of nitrogens with zero attached hydrogens (tertiary/aromatic N) is 1. The van der Waals surface area contributed by atoms with Crippen LogP contribution >= 0.6 is 7.82 Å². The number of rotatable bonds is 13. The highest BCUT2D eigenvalue weighted by Gasteiger charge is 2.29. The van der Waals surface area contributed by atoms with Crippen LogP contribution in [0, 0.1) is 0 Å². The lowest BCUT2D eigenvalue weighted by atomic mass is 10.3. The lowest BCUT2D eigenvalue weighted by Crippen LogP contribution is -2.30. The lowest BCUT2D eigenvalue weighted by molar-refractivity contribution is -0.165. The van der Waals surface area contributed by atoms with Crippen molar-refractivity contribution < 1.29 is 50.7 Å². The second kappa shape index (κ2) is 12.3. The minimum absolute atomic E-state index is 0.0342. The highest BCUT2D eigenvalue weighted by atomic mass is 31.2. The Morgan fingerprint density at radius 3 is 2.26 bits per heavy atom. The van der Waals surface area contributed by atoms with Gasteiger partial charge >= 0.3 is 25.9 Å². The van der Waals surface area contributed by atoms with Crippen molar-refractivity contribution in [1.82, 2.24) is 4.90 Å². The molecule has 160 valence electrons. The van der Waals surface area contributed by atoms with Crippen LogP contribution in [0.4, 0.5) is 13.2 Å². The summed E-state index contributed by atoms with van der Waals surface area (Å²) in [5, 5.41) is 0. The third-order valence-corrected chi connectivity index (χ3v) is 3.61. The molecule has 0 saturated heterocycles. The van der Waals surface area contributed by atoms with Crippen LogP contribution in [0.5, 0.6) is 0 Å². The molecule has 0 aliphatic carbocycles. The molecule has 0 spiro atoms. The summed E-state index contributed by atoms with van der Waals surface area (Å²) in [5.41, 5.74) is 0. The van der Waals surface area contributed by atoms with Gasteiger partial charge in [-0.3, -0.25) is 23.5 Å². The van der Waals surface area contributed by atoms with Gasteiger partial charge in [0.15, 0.2) is 6.10 Å². The molecule has 0 aliphatic heterocycles. The molecular formula is C14H25F3NO8P. The van der Waals surface area contributed by atoms with Gasteiger partial charge in [0.05, 0.1) is 19.4 Å². The van der Waals surface area contributed by atoms with Gasteiger partial charge in [0, 0.05) is 6.42 Å². The minimum atomic E-state index is -4.51. The number of hydrogen-bond acceptors (Lipinski definition) is 8. The van der Waals surface area contributed by atoms with Gasteiger partial charge in [-0.15, -0.1) is 0 Å². The normalized spacial score (nSPS) is 15.3. The summed E-state index contributed by atoms with van der Waals surface area (Å²) in [4.78, 5) is 33.9. The summed E-state index contributed by atoms with van der Waals surface area (Å²) in [7, 11) is -1.31. The van der Waals surface area contributed by atoms with Gasteiger partial charge in [-0.05, 0) is 20.5 Å². The molecule has 0 fully saturated rings. The van der Waals surface area contributed by atoms with Crippen LogP contribution in [0.15, 0.2) is 0 Å². The topological polar surface area (TPSA) is 112 Å². The molecule has 0 amide bonds. The fourth-order valence-corrected chi connectivity index (χ4v) is 2.28. The summed E-state index contributed by atoms with van der Waals surface area (Å²) in [5.74, 6) is -1.83. The fourth-order valence-electron chi connectivity index (χ4n) is 1.47. The first-order valence-electron chi connectivity index (χ1n) is 8.03. The van der Waals surface area contributed by atoms with Crippen molar-refractivity contribution in [2.75, 3.05) is 34.0 Å². The molecule has 2 atom stereocenters. The molecule has 0 saturated carbocycles. The van der Waals surface area contributed by atoms with E-state index in [1.807, 2.05) is 0 Å². The minimum Gasteiger partial charge on any atom is -0.462 e. The molecule has 0 radical (unpaired) electrons. The summed E-state index contributed by atoms with van der Waals surface area (Å²) in [6, 6.07) is 0. The molecule has 0 aromatic carbocycles. The Hall–Kier alpha value is -1.20. The number of phosphoric acid groups is 1. The number of ether oxygens (including phenoxy) is 2. The van der Waals surface area contributed by atoms with E-state index in [2.05, 4.69) is 13.8 Å². The maximum atomic E-state index is 12.1. The van der Waals surface area contributed by atoms with E-state index in [9.17, 15) is 32.2 Å². The van der Waals surface area contributed by atoms with Crippen molar-refractivity contribution in [1.29, 1.82) is 0 Å². The summed E-state index contributed by atoms with van der Waals surface area (Å²) < 4.78 is 66.8. The summed E-state index contributed by atoms with van der Waals surface area (Å²) in [6.07, 6.45) is -7.55. The van der Waals surface area contributed by atoms with E-state index in [0.717, 1.165) is 0 Å². The average Bonchev–Trinajstić information content (AvgIpc) is 2.53. The van der Waals surface area contributed by atoms with Crippen LogP contribution in [-0.2, 0) is 32.7 Å². The Kier molecular flexibility index (Phi) is 11.7. The van der Waals surface area contributed by atoms with E-state index in [0.29, 0.717) is 6.42 Å². The number of phosphoric ester groups is 1. The maximum absolute atomic E-state index is 12.1. The number of hydrogen-bond donors (Lipinski definition) is 1. The van der Waals surface area contributed by atoms with Crippen molar-refractivity contribution in [3.8, 4) is 0 Å². The van der Waals surface area contributed by atoms with Crippen LogP contribution < -0.4 is 0 Å². The van der Waals surface area contributed by atoms with Crippen molar-refractivity contribution in [3.05, 3.63) is 0 Å². The van der Waals surface area contributed by atoms with Crippen LogP contribution in [0.25, 0.3) is 0 Å². The number of carbonyl (C=O) groups is 2. The first-order valence-corrected chi connectivity index (χ1v) is 9.52. The average molecular weight is 423 g/mol. The van der Waals surface area contributed by atoms with Gasteiger partial charge in [0.1, 0.15) is 13.3 Å². The number of halogens is 3. The molecule has 0 aromatic rings. The second-order valence-electron chi connectivity index (χ2n) is 5.76. The van der Waals surface area contributed by atoms with Crippen LogP contribution in [0.1, 0.15) is 32.6 Å². The van der Waals surface area contributed by atoms with Crippen molar-refractivity contribution in [3.63, 3.8) is 0 Å². The Morgan fingerprint density at radius 2 is 1.74 bits per heavy atom. The third kappa shape index (κ3) is 15.5. The quantitative estimate of drug-likeness (QED) is 0.271. The Bertz CT molecular complexity index is 515. The Balaban J connectivity index is 4.62. The van der Waals surface area contributed by atoms with Crippen LogP contribution in [0.2, 0.25) is 0 Å². The summed E-state index contributed by atoms with van der Waals surface area (Å²) in [6.45, 7) is 0.213. The predicted molar refractivity (Wildman–Crippen MR) is 86.5 cm³/mol. The molecular weight excluding hydrogens is 398 g/mol. The second-order valence-corrected chi connectivity index (χ2v) is 7.22. The van der Waals surface area contributed by atoms with Crippen molar-refractivity contribution >= 4 is 19.8 Å². The zero-order valence-electron chi connectivity index (χ0n) is 15.4. The largest absolute Gasteiger partial charge is 0.473 e. The number of esters is 2. The Morgan fingerprint density at radius 1 is 1.11 bits per heavy atom. The number of alkyl halides is 3. The number of carbonyl (C=O) groups excluding carboxylic acids is 2. The van der Waals surface area contributed by atoms with Crippen LogP contribution in [-0.4, -0.2) is 68.1 Å². The highest BCUT2D eigenvalue weighted by Crippen LogP contribution is 2.43. The molecule has 1 N–H and O–H groups in total. The first kappa shape index (κ1) is 25.8. The molecule has 0 aliphatic rings. The fraction of sp³-hybridized carbons (Fsp3) is 0.857. The molecule has 0 aromatic heterocycles. The smallest absolute Gasteiger partial charge is 0.462 e. The molecule has 27 heavy (non-hydrogen) atoms. The van der Waals surface area contributed by atoms with E-state index < -0.39 is 58.1 Å². The van der Waals surface area contributed by atoms with Gasteiger partial charge in [-0.2, -0.15) is 13.2 Å². The highest BCUT2D eigenvalue weighted by molar-refractivity contribution is 7.47. The van der Waals surface area contributed by atoms with Crippen molar-refractivity contribution in [2.45, 2.75) is 44.9 Å². The predicted octanol–water partition coefficient (Wildman–Crippen LogP) is 2.24. The van der Waals surface area contributed by atoms with E-state index in [1.54, 1.807) is 21.0 Å². The lowest BCUT2D eigenvalue weighted by Gasteiger charge is -2.20. The van der Waals surface area contributed by atoms with E-state index >= 15 is 0 Å². The molecule has 13 heteroatoms. The molecule has 0 bridgehead atoms. The molecule has 0 rings (SSSR count). The van der Waals surface area contributed by atoms with Gasteiger partial charge < -0.3 is 14.4 Å². The van der Waals surface area contributed by atoms with Gasteiger partial charge in [-0.25, -0.2) is 4.57 Å². The first-order chi connectivity index (χ1) is 12.3. The zero-order chi connectivity index (χ0) is 21.1.